The number of nitrogens with one attached hydrogen (secondary N) is 2. The lowest BCUT2D eigenvalue weighted by Gasteiger charge is -2.33. The van der Waals surface area contributed by atoms with Crippen molar-refractivity contribution in [1.29, 1.82) is 0 Å². The van der Waals surface area contributed by atoms with Crippen LogP contribution < -0.4 is 10.6 Å². The number of anilines is 2. The van der Waals surface area contributed by atoms with E-state index in [2.05, 4.69) is 31.7 Å². The third-order valence-corrected chi connectivity index (χ3v) is 6.58. The molecule has 0 unspecified atom stereocenters. The number of aromatic nitrogens is 2. The molecule has 0 radical (unpaired) electrons. The Kier molecular flexibility index (Phi) is 5.74. The van der Waals surface area contributed by atoms with Gasteiger partial charge in [0.25, 0.3) is 5.91 Å². The fourth-order valence-electron chi connectivity index (χ4n) is 3.37. The van der Waals surface area contributed by atoms with Crippen LogP contribution >= 0.6 is 27.3 Å². The van der Waals surface area contributed by atoms with Crippen LogP contribution in [0, 0.1) is 0 Å². The van der Waals surface area contributed by atoms with Crippen LogP contribution in [0.2, 0.25) is 0 Å². The number of halogens is 7. The molecule has 0 aliphatic carbocycles. The summed E-state index contributed by atoms with van der Waals surface area (Å²) in [6, 6.07) is 4.70. The predicted molar refractivity (Wildman–Crippen MR) is 110 cm³/mol. The summed E-state index contributed by atoms with van der Waals surface area (Å²) in [5, 5.41) is 10.8. The van der Waals surface area contributed by atoms with Gasteiger partial charge in [0, 0.05) is 17.0 Å². The normalized spacial score (nSPS) is 18.7. The van der Waals surface area contributed by atoms with Gasteiger partial charge in [0.05, 0.1) is 16.1 Å². The Bertz CT molecular complexity index is 1140. The molecule has 2 N–H and O–H groups in total. The first-order valence-corrected chi connectivity index (χ1v) is 10.8. The fraction of sp³-hybridized carbons (Fsp3) is 0.263. The number of hydrogen-bond acceptors (Lipinski definition) is 4. The minimum Gasteiger partial charge on any atom is -0.362 e. The zero-order chi connectivity index (χ0) is 23.3. The molecule has 32 heavy (non-hydrogen) atoms. The van der Waals surface area contributed by atoms with Gasteiger partial charge in [0.15, 0.2) is 11.7 Å². The van der Waals surface area contributed by atoms with E-state index in [4.69, 9.17) is 0 Å². The Morgan fingerprint density at radius 3 is 2.56 bits per heavy atom. The molecule has 0 saturated heterocycles. The molecule has 0 fully saturated rings. The standard InChI is InChI=1S/C19H13BrF6N4OS/c20-14-15(17(31)27-10-4-1-3-9(7-10)18(21,22)23)29-30-13(19(24,25)26)8-11(28-16(14)30)12-5-2-6-32-12/h1-7,11,13,28H,8H2,(H,27,31)/t11-,13-/m0/s1. The fourth-order valence-corrected chi connectivity index (χ4v) is 4.72. The number of fused-ring (bicyclic) bond motifs is 1. The smallest absolute Gasteiger partial charge is 0.362 e. The molecule has 2 atom stereocenters. The first-order chi connectivity index (χ1) is 14.9. The summed E-state index contributed by atoms with van der Waals surface area (Å²) in [6.45, 7) is 0. The third-order valence-electron chi connectivity index (χ3n) is 4.85. The second-order valence-electron chi connectivity index (χ2n) is 6.99. The maximum atomic E-state index is 13.8. The van der Waals surface area contributed by atoms with Gasteiger partial charge in [0.2, 0.25) is 0 Å². The molecule has 170 valence electrons. The lowest BCUT2D eigenvalue weighted by Crippen LogP contribution is -2.35. The Balaban J connectivity index is 1.67. The lowest BCUT2D eigenvalue weighted by atomic mass is 10.0. The van der Waals surface area contributed by atoms with Crippen molar-refractivity contribution in [2.45, 2.75) is 30.9 Å². The average molecular weight is 539 g/mol. The summed E-state index contributed by atoms with van der Waals surface area (Å²) in [5.41, 5.74) is -1.53. The molecule has 5 nitrogen and oxygen atoms in total. The molecule has 4 rings (SSSR count). The zero-order valence-electron chi connectivity index (χ0n) is 15.8. The summed E-state index contributed by atoms with van der Waals surface area (Å²) in [6.07, 6.45) is -9.58. The highest BCUT2D eigenvalue weighted by Gasteiger charge is 2.48. The van der Waals surface area contributed by atoms with Gasteiger partial charge in [-0.15, -0.1) is 11.3 Å². The molecule has 0 bridgehead atoms. The molecule has 1 amide bonds. The van der Waals surface area contributed by atoms with Crippen LogP contribution in [0.1, 0.15) is 39.4 Å². The summed E-state index contributed by atoms with van der Waals surface area (Å²) in [7, 11) is 0. The number of carbonyl (C=O) groups excluding carboxylic acids is 1. The SMILES string of the molecule is O=C(Nc1cccc(C(F)(F)F)c1)c1nn2c(c1Br)N[C@H](c1cccs1)C[C@H]2C(F)(F)F. The quantitative estimate of drug-likeness (QED) is 0.367. The molecular weight excluding hydrogens is 526 g/mol. The molecule has 0 spiro atoms. The monoisotopic (exact) mass is 538 g/mol. The zero-order valence-corrected chi connectivity index (χ0v) is 18.2. The van der Waals surface area contributed by atoms with Crippen LogP contribution in [-0.2, 0) is 6.18 Å². The first kappa shape index (κ1) is 22.6. The Hall–Kier alpha value is -2.54. The van der Waals surface area contributed by atoms with Crippen molar-refractivity contribution >= 4 is 44.7 Å². The van der Waals surface area contributed by atoms with E-state index < -0.39 is 35.9 Å². The van der Waals surface area contributed by atoms with Crippen molar-refractivity contribution in [2.24, 2.45) is 0 Å². The van der Waals surface area contributed by atoms with Crippen LogP contribution in [0.5, 0.6) is 0 Å². The highest BCUT2D eigenvalue weighted by molar-refractivity contribution is 9.10. The Morgan fingerprint density at radius 2 is 1.94 bits per heavy atom. The van der Waals surface area contributed by atoms with Crippen LogP contribution in [0.4, 0.5) is 37.8 Å². The van der Waals surface area contributed by atoms with E-state index in [1.54, 1.807) is 17.5 Å². The minimum absolute atomic E-state index is 0.0162. The number of amides is 1. The number of thiophene rings is 1. The van der Waals surface area contributed by atoms with E-state index in [0.29, 0.717) is 9.56 Å². The average Bonchev–Trinajstić information content (AvgIpc) is 3.35. The van der Waals surface area contributed by atoms with Gasteiger partial charge in [-0.25, -0.2) is 4.68 Å². The van der Waals surface area contributed by atoms with Crippen LogP contribution in [-0.4, -0.2) is 21.9 Å². The highest BCUT2D eigenvalue weighted by Crippen LogP contribution is 2.47. The minimum atomic E-state index is -4.63. The molecule has 1 aromatic carbocycles. The molecule has 0 saturated carbocycles. The number of carbonyl (C=O) groups is 1. The van der Waals surface area contributed by atoms with Crippen molar-refractivity contribution in [1.82, 2.24) is 9.78 Å². The van der Waals surface area contributed by atoms with Gasteiger partial charge in [-0.1, -0.05) is 12.1 Å². The van der Waals surface area contributed by atoms with E-state index in [1.807, 2.05) is 0 Å². The summed E-state index contributed by atoms with van der Waals surface area (Å²) >= 11 is 4.43. The lowest BCUT2D eigenvalue weighted by molar-refractivity contribution is -0.173. The second-order valence-corrected chi connectivity index (χ2v) is 8.77. The van der Waals surface area contributed by atoms with Crippen molar-refractivity contribution < 1.29 is 31.1 Å². The van der Waals surface area contributed by atoms with Crippen molar-refractivity contribution in [2.75, 3.05) is 10.6 Å². The molecule has 1 aliphatic heterocycles. The van der Waals surface area contributed by atoms with Crippen LogP contribution in [0.25, 0.3) is 0 Å². The van der Waals surface area contributed by atoms with E-state index in [1.165, 1.54) is 17.4 Å². The van der Waals surface area contributed by atoms with E-state index >= 15 is 0 Å². The van der Waals surface area contributed by atoms with Crippen molar-refractivity contribution in [3.05, 3.63) is 62.4 Å². The third kappa shape index (κ3) is 4.35. The van der Waals surface area contributed by atoms with Gasteiger partial charge in [-0.3, -0.25) is 4.79 Å². The van der Waals surface area contributed by atoms with E-state index in [9.17, 15) is 31.1 Å². The van der Waals surface area contributed by atoms with Crippen LogP contribution in [0.3, 0.4) is 0 Å². The Labute approximate surface area is 189 Å². The number of benzene rings is 1. The van der Waals surface area contributed by atoms with Crippen molar-refractivity contribution in [3.8, 4) is 0 Å². The first-order valence-electron chi connectivity index (χ1n) is 9.08. The molecule has 3 aromatic rings. The van der Waals surface area contributed by atoms with E-state index in [-0.39, 0.29) is 28.1 Å². The molecule has 3 heterocycles. The van der Waals surface area contributed by atoms with Gasteiger partial charge in [0.1, 0.15) is 5.82 Å². The summed E-state index contributed by atoms with van der Waals surface area (Å²) in [5.74, 6) is -0.986. The Morgan fingerprint density at radius 1 is 1.19 bits per heavy atom. The molecular formula is C19H13BrF6N4OS. The molecule has 2 aromatic heterocycles. The number of hydrogen-bond donors (Lipinski definition) is 2. The number of nitrogens with zero attached hydrogens (tertiary/aromatic N) is 2. The van der Waals surface area contributed by atoms with Gasteiger partial charge < -0.3 is 10.6 Å². The largest absolute Gasteiger partial charge is 0.416 e. The van der Waals surface area contributed by atoms with Crippen molar-refractivity contribution in [3.63, 3.8) is 0 Å². The second kappa shape index (κ2) is 8.10. The van der Waals surface area contributed by atoms with E-state index in [0.717, 1.165) is 18.2 Å². The topological polar surface area (TPSA) is 59.0 Å². The number of rotatable bonds is 3. The summed E-state index contributed by atoms with van der Waals surface area (Å²) < 4.78 is 80.7. The molecule has 1 aliphatic rings. The van der Waals surface area contributed by atoms with Gasteiger partial charge >= 0.3 is 12.4 Å². The van der Waals surface area contributed by atoms with Gasteiger partial charge in [-0.05, 0) is 45.6 Å². The maximum Gasteiger partial charge on any atom is 0.416 e. The number of alkyl halides is 6. The maximum absolute atomic E-state index is 13.8. The highest BCUT2D eigenvalue weighted by atomic mass is 79.9. The van der Waals surface area contributed by atoms with Crippen LogP contribution in [0.15, 0.2) is 46.3 Å². The van der Waals surface area contributed by atoms with Gasteiger partial charge in [-0.2, -0.15) is 31.4 Å². The predicted octanol–water partition coefficient (Wildman–Crippen LogP) is 6.64. The summed E-state index contributed by atoms with van der Waals surface area (Å²) in [4.78, 5) is 13.4. The molecule has 13 heteroatoms.